The minimum Gasteiger partial charge on any atom is -0.380 e. The summed E-state index contributed by atoms with van der Waals surface area (Å²) < 4.78 is 5.43. The Bertz CT molecular complexity index is 175. The van der Waals surface area contributed by atoms with E-state index in [0.29, 0.717) is 6.04 Å². The molecule has 0 rings (SSSR count). The molecule has 0 aliphatic rings. The molecule has 0 aliphatic carbocycles. The number of hydrogen-bond acceptors (Lipinski definition) is 3. The van der Waals surface area contributed by atoms with Crippen molar-refractivity contribution in [3.63, 3.8) is 0 Å². The molecule has 0 aromatic rings. The van der Waals surface area contributed by atoms with Crippen LogP contribution in [0.3, 0.4) is 0 Å². The van der Waals surface area contributed by atoms with Gasteiger partial charge >= 0.3 is 0 Å². The quantitative estimate of drug-likeness (QED) is 0.681. The summed E-state index contributed by atoms with van der Waals surface area (Å²) in [6, 6.07) is 0.583. The summed E-state index contributed by atoms with van der Waals surface area (Å²) in [4.78, 5) is 2.43. The van der Waals surface area contributed by atoms with E-state index in [9.17, 15) is 0 Å². The minimum atomic E-state index is 0.182. The molecule has 16 heavy (non-hydrogen) atoms. The van der Waals surface area contributed by atoms with Gasteiger partial charge in [0.2, 0.25) is 0 Å². The lowest BCUT2D eigenvalue weighted by Crippen LogP contribution is -2.54. The van der Waals surface area contributed by atoms with Gasteiger partial charge in [0.15, 0.2) is 0 Å². The van der Waals surface area contributed by atoms with Gasteiger partial charge in [-0.25, -0.2) is 0 Å². The Morgan fingerprint density at radius 2 is 1.81 bits per heavy atom. The Labute approximate surface area is 101 Å². The van der Waals surface area contributed by atoms with Gasteiger partial charge in [-0.2, -0.15) is 0 Å². The predicted octanol–water partition coefficient (Wildman–Crippen LogP) is 2.11. The molecule has 2 atom stereocenters. The molecular formula is C13H30N2O. The van der Waals surface area contributed by atoms with Crippen molar-refractivity contribution in [2.24, 2.45) is 11.1 Å². The van der Waals surface area contributed by atoms with Gasteiger partial charge < -0.3 is 10.5 Å². The Hall–Kier alpha value is -0.120. The van der Waals surface area contributed by atoms with Crippen LogP contribution in [0.15, 0.2) is 0 Å². The van der Waals surface area contributed by atoms with E-state index in [0.717, 1.165) is 26.3 Å². The first-order valence-corrected chi connectivity index (χ1v) is 6.41. The van der Waals surface area contributed by atoms with Gasteiger partial charge in [0.05, 0.1) is 6.61 Å². The molecule has 0 bridgehead atoms. The van der Waals surface area contributed by atoms with Crippen molar-refractivity contribution in [1.29, 1.82) is 0 Å². The van der Waals surface area contributed by atoms with Crippen LogP contribution in [0.1, 0.15) is 41.5 Å². The van der Waals surface area contributed by atoms with Gasteiger partial charge in [-0.3, -0.25) is 4.90 Å². The summed E-state index contributed by atoms with van der Waals surface area (Å²) in [5, 5.41) is 0. The van der Waals surface area contributed by atoms with Crippen LogP contribution in [-0.2, 0) is 4.74 Å². The second kappa shape index (κ2) is 7.25. The summed E-state index contributed by atoms with van der Waals surface area (Å²) >= 11 is 0. The molecule has 0 spiro atoms. The molecule has 0 aromatic heterocycles. The first-order chi connectivity index (χ1) is 7.34. The van der Waals surface area contributed by atoms with Gasteiger partial charge in [0, 0.05) is 25.2 Å². The molecule has 0 heterocycles. The number of likely N-dealkylation sites (N-methyl/N-ethyl adjacent to an activating group) is 1. The lowest BCUT2D eigenvalue weighted by Gasteiger charge is -2.42. The fraction of sp³-hybridized carbons (Fsp3) is 1.00. The predicted molar refractivity (Wildman–Crippen MR) is 70.6 cm³/mol. The third kappa shape index (κ3) is 5.28. The lowest BCUT2D eigenvalue weighted by molar-refractivity contribution is 0.0490. The summed E-state index contributed by atoms with van der Waals surface area (Å²) in [6.07, 6.45) is 0. The summed E-state index contributed by atoms with van der Waals surface area (Å²) in [5.41, 5.74) is 6.33. The van der Waals surface area contributed by atoms with Crippen LogP contribution in [-0.4, -0.2) is 43.3 Å². The molecule has 2 N–H and O–H groups in total. The van der Waals surface area contributed by atoms with Crippen molar-refractivity contribution in [2.45, 2.75) is 53.6 Å². The fourth-order valence-electron chi connectivity index (χ4n) is 2.49. The van der Waals surface area contributed by atoms with E-state index < -0.39 is 0 Å². The number of nitrogens with two attached hydrogens (primary N) is 1. The maximum atomic E-state index is 6.12. The summed E-state index contributed by atoms with van der Waals surface area (Å²) in [6.45, 7) is 16.7. The highest BCUT2D eigenvalue weighted by Gasteiger charge is 2.32. The van der Waals surface area contributed by atoms with Crippen molar-refractivity contribution in [3.8, 4) is 0 Å². The Morgan fingerprint density at radius 3 is 2.12 bits per heavy atom. The molecule has 0 aromatic carbocycles. The van der Waals surface area contributed by atoms with E-state index in [-0.39, 0.29) is 11.5 Å². The van der Waals surface area contributed by atoms with Crippen molar-refractivity contribution < 1.29 is 4.74 Å². The van der Waals surface area contributed by atoms with Crippen LogP contribution in [0.4, 0.5) is 0 Å². The highest BCUT2D eigenvalue weighted by Crippen LogP contribution is 2.26. The van der Waals surface area contributed by atoms with Crippen molar-refractivity contribution in [3.05, 3.63) is 0 Å². The molecule has 0 amide bonds. The van der Waals surface area contributed by atoms with Crippen molar-refractivity contribution >= 4 is 0 Å². The zero-order valence-corrected chi connectivity index (χ0v) is 11.9. The monoisotopic (exact) mass is 230 g/mol. The molecule has 0 radical (unpaired) electrons. The standard InChI is InChI=1S/C13H30N2O/c1-7-15(9-10-16-8-2)12(11(3)14)13(4,5)6/h11-12H,7-10,14H2,1-6H3. The third-order valence-electron chi connectivity index (χ3n) is 2.91. The molecule has 0 saturated carbocycles. The third-order valence-corrected chi connectivity index (χ3v) is 2.91. The lowest BCUT2D eigenvalue weighted by atomic mass is 9.82. The van der Waals surface area contributed by atoms with Gasteiger partial charge in [-0.05, 0) is 25.8 Å². The maximum Gasteiger partial charge on any atom is 0.0593 e. The second-order valence-corrected chi connectivity index (χ2v) is 5.50. The second-order valence-electron chi connectivity index (χ2n) is 5.50. The first kappa shape index (κ1) is 15.9. The summed E-state index contributed by atoms with van der Waals surface area (Å²) in [5.74, 6) is 0. The molecule has 2 unspecified atom stereocenters. The molecule has 3 heteroatoms. The van der Waals surface area contributed by atoms with Crippen LogP contribution in [0.2, 0.25) is 0 Å². The van der Waals surface area contributed by atoms with E-state index in [1.807, 2.05) is 6.92 Å². The smallest absolute Gasteiger partial charge is 0.0593 e. The van der Waals surface area contributed by atoms with Gasteiger partial charge in [0.25, 0.3) is 0 Å². The van der Waals surface area contributed by atoms with Crippen LogP contribution in [0.5, 0.6) is 0 Å². The number of ether oxygens (including phenoxy) is 1. The van der Waals surface area contributed by atoms with Crippen LogP contribution >= 0.6 is 0 Å². The zero-order valence-electron chi connectivity index (χ0n) is 11.9. The summed E-state index contributed by atoms with van der Waals surface area (Å²) in [7, 11) is 0. The van der Waals surface area contributed by atoms with E-state index in [1.165, 1.54) is 0 Å². The first-order valence-electron chi connectivity index (χ1n) is 6.41. The van der Waals surface area contributed by atoms with Crippen molar-refractivity contribution in [2.75, 3.05) is 26.3 Å². The largest absolute Gasteiger partial charge is 0.380 e. The fourth-order valence-corrected chi connectivity index (χ4v) is 2.49. The number of rotatable bonds is 7. The Balaban J connectivity index is 4.47. The highest BCUT2D eigenvalue weighted by atomic mass is 16.5. The van der Waals surface area contributed by atoms with E-state index >= 15 is 0 Å². The average molecular weight is 230 g/mol. The van der Waals surface area contributed by atoms with Gasteiger partial charge in [0.1, 0.15) is 0 Å². The molecule has 0 saturated heterocycles. The molecule has 98 valence electrons. The molecule has 3 nitrogen and oxygen atoms in total. The molecule has 0 aliphatic heterocycles. The highest BCUT2D eigenvalue weighted by molar-refractivity contribution is 4.88. The molecular weight excluding hydrogens is 200 g/mol. The Morgan fingerprint density at radius 1 is 1.25 bits per heavy atom. The SMILES string of the molecule is CCOCCN(CC)C(C(C)N)C(C)(C)C. The normalized spacial score (nSPS) is 16.5. The van der Waals surface area contributed by atoms with Crippen molar-refractivity contribution in [1.82, 2.24) is 4.90 Å². The molecule has 0 fully saturated rings. The van der Waals surface area contributed by atoms with Gasteiger partial charge in [-0.1, -0.05) is 27.7 Å². The van der Waals surface area contributed by atoms with E-state index in [2.05, 4.69) is 39.5 Å². The van der Waals surface area contributed by atoms with Crippen LogP contribution < -0.4 is 5.73 Å². The van der Waals surface area contributed by atoms with E-state index in [4.69, 9.17) is 10.5 Å². The minimum absolute atomic E-state index is 0.182. The van der Waals surface area contributed by atoms with Gasteiger partial charge in [-0.15, -0.1) is 0 Å². The topological polar surface area (TPSA) is 38.5 Å². The number of hydrogen-bond donors (Lipinski definition) is 1. The Kier molecular flexibility index (Phi) is 7.20. The maximum absolute atomic E-state index is 6.12. The zero-order chi connectivity index (χ0) is 12.8. The van der Waals surface area contributed by atoms with E-state index in [1.54, 1.807) is 0 Å². The average Bonchev–Trinajstić information content (AvgIpc) is 2.13. The number of nitrogens with zero attached hydrogens (tertiary/aromatic N) is 1. The van der Waals surface area contributed by atoms with Crippen LogP contribution in [0, 0.1) is 5.41 Å². The van der Waals surface area contributed by atoms with Crippen LogP contribution in [0.25, 0.3) is 0 Å².